The fourth-order valence-electron chi connectivity index (χ4n) is 1.33. The number of carbonyl (C=O) groups is 3. The topological polar surface area (TPSA) is 142 Å². The van der Waals surface area contributed by atoms with Gasteiger partial charge in [-0.05, 0) is 12.3 Å². The molecule has 0 spiro atoms. The van der Waals surface area contributed by atoms with E-state index in [9.17, 15) is 14.4 Å². The minimum absolute atomic E-state index is 0.102. The number of aliphatic hydroxyl groups is 1. The number of rotatable bonds is 7. The van der Waals surface area contributed by atoms with E-state index in [2.05, 4.69) is 10.6 Å². The maximum absolute atomic E-state index is 11.7. The first-order valence-electron chi connectivity index (χ1n) is 5.48. The Bertz CT molecular complexity index is 319. The van der Waals surface area contributed by atoms with Gasteiger partial charge in [0.15, 0.2) is 0 Å². The number of carboxylic acids is 1. The Kier molecular flexibility index (Phi) is 6.73. The Morgan fingerprint density at radius 2 is 1.72 bits per heavy atom. The Morgan fingerprint density at radius 1 is 1.17 bits per heavy atom. The first kappa shape index (κ1) is 16.2. The van der Waals surface area contributed by atoms with E-state index in [0.29, 0.717) is 6.42 Å². The maximum Gasteiger partial charge on any atom is 0.328 e. The van der Waals surface area contributed by atoms with Crippen LogP contribution in [-0.2, 0) is 9.59 Å². The number of carbonyl (C=O) groups excluding carboxylic acids is 2. The van der Waals surface area contributed by atoms with Crippen LogP contribution in [0.25, 0.3) is 0 Å². The largest absolute Gasteiger partial charge is 0.480 e. The van der Waals surface area contributed by atoms with E-state index < -0.39 is 36.6 Å². The SMILES string of the molecule is CC(C)CC(NC(N)=O)C(=O)NC(CO)C(=O)O. The van der Waals surface area contributed by atoms with Crippen LogP contribution in [0.2, 0.25) is 0 Å². The van der Waals surface area contributed by atoms with Gasteiger partial charge < -0.3 is 26.6 Å². The van der Waals surface area contributed by atoms with E-state index in [0.717, 1.165) is 0 Å². The van der Waals surface area contributed by atoms with Gasteiger partial charge in [-0.2, -0.15) is 0 Å². The molecule has 0 aliphatic heterocycles. The summed E-state index contributed by atoms with van der Waals surface area (Å²) in [4.78, 5) is 33.1. The van der Waals surface area contributed by atoms with E-state index in [1.54, 1.807) is 0 Å². The Hall–Kier alpha value is -1.83. The van der Waals surface area contributed by atoms with E-state index in [1.165, 1.54) is 0 Å². The predicted octanol–water partition coefficient (Wildman–Crippen LogP) is -1.37. The molecule has 0 aromatic carbocycles. The van der Waals surface area contributed by atoms with Crippen molar-refractivity contribution in [1.82, 2.24) is 10.6 Å². The molecule has 0 rings (SSSR count). The molecule has 104 valence electrons. The van der Waals surface area contributed by atoms with Crippen molar-refractivity contribution in [3.8, 4) is 0 Å². The number of hydrogen-bond donors (Lipinski definition) is 5. The lowest BCUT2D eigenvalue weighted by molar-refractivity contribution is -0.143. The molecule has 8 heteroatoms. The van der Waals surface area contributed by atoms with E-state index >= 15 is 0 Å². The van der Waals surface area contributed by atoms with Crippen molar-refractivity contribution in [2.75, 3.05) is 6.61 Å². The van der Waals surface area contributed by atoms with Gasteiger partial charge in [-0.15, -0.1) is 0 Å². The van der Waals surface area contributed by atoms with Crippen LogP contribution < -0.4 is 16.4 Å². The van der Waals surface area contributed by atoms with Gasteiger partial charge in [0.05, 0.1) is 6.61 Å². The number of hydrogen-bond acceptors (Lipinski definition) is 4. The van der Waals surface area contributed by atoms with Crippen LogP contribution in [0, 0.1) is 5.92 Å². The summed E-state index contributed by atoms with van der Waals surface area (Å²) < 4.78 is 0. The zero-order valence-electron chi connectivity index (χ0n) is 10.3. The first-order chi connectivity index (χ1) is 8.27. The summed E-state index contributed by atoms with van der Waals surface area (Å²) in [7, 11) is 0. The highest BCUT2D eigenvalue weighted by Crippen LogP contribution is 2.05. The number of primary amides is 1. The quantitative estimate of drug-likeness (QED) is 0.384. The fourth-order valence-corrected chi connectivity index (χ4v) is 1.33. The molecule has 0 aliphatic carbocycles. The lowest BCUT2D eigenvalue weighted by atomic mass is 10.0. The number of carboxylic acid groups (broad SMARTS) is 1. The number of urea groups is 1. The smallest absolute Gasteiger partial charge is 0.328 e. The summed E-state index contributed by atoms with van der Waals surface area (Å²) in [5.41, 5.74) is 4.93. The molecule has 3 amide bonds. The van der Waals surface area contributed by atoms with Gasteiger partial charge in [0, 0.05) is 0 Å². The molecular formula is C10H19N3O5. The van der Waals surface area contributed by atoms with Crippen molar-refractivity contribution in [1.29, 1.82) is 0 Å². The Labute approximate surface area is 105 Å². The van der Waals surface area contributed by atoms with Crippen LogP contribution >= 0.6 is 0 Å². The second-order valence-corrected chi connectivity index (χ2v) is 4.27. The molecule has 18 heavy (non-hydrogen) atoms. The predicted molar refractivity (Wildman–Crippen MR) is 62.6 cm³/mol. The monoisotopic (exact) mass is 261 g/mol. The first-order valence-corrected chi connectivity index (χ1v) is 5.48. The summed E-state index contributed by atoms with van der Waals surface area (Å²) in [5, 5.41) is 21.8. The van der Waals surface area contributed by atoms with Crippen molar-refractivity contribution in [3.63, 3.8) is 0 Å². The highest BCUT2D eigenvalue weighted by atomic mass is 16.4. The fraction of sp³-hybridized carbons (Fsp3) is 0.700. The van der Waals surface area contributed by atoms with Crippen LogP contribution in [0.4, 0.5) is 4.79 Å². The summed E-state index contributed by atoms with van der Waals surface area (Å²) in [6, 6.07) is -3.19. The lowest BCUT2D eigenvalue weighted by Crippen LogP contribution is -2.54. The van der Waals surface area contributed by atoms with Gasteiger partial charge in [0.25, 0.3) is 0 Å². The molecule has 2 unspecified atom stereocenters. The zero-order chi connectivity index (χ0) is 14.3. The van der Waals surface area contributed by atoms with Crippen molar-refractivity contribution >= 4 is 17.9 Å². The van der Waals surface area contributed by atoms with Crippen molar-refractivity contribution in [2.45, 2.75) is 32.4 Å². The normalized spacial score (nSPS) is 13.8. The molecule has 0 heterocycles. The van der Waals surface area contributed by atoms with Crippen molar-refractivity contribution in [3.05, 3.63) is 0 Å². The molecule has 0 saturated carbocycles. The minimum Gasteiger partial charge on any atom is -0.480 e. The second-order valence-electron chi connectivity index (χ2n) is 4.27. The van der Waals surface area contributed by atoms with E-state index in [-0.39, 0.29) is 5.92 Å². The molecule has 0 fully saturated rings. The number of aliphatic carboxylic acids is 1. The highest BCUT2D eigenvalue weighted by molar-refractivity contribution is 5.89. The Balaban J connectivity index is 4.63. The highest BCUT2D eigenvalue weighted by Gasteiger charge is 2.26. The third kappa shape index (κ3) is 6.04. The number of aliphatic hydroxyl groups excluding tert-OH is 1. The number of nitrogens with two attached hydrogens (primary N) is 1. The number of amides is 3. The lowest BCUT2D eigenvalue weighted by Gasteiger charge is -2.21. The van der Waals surface area contributed by atoms with E-state index in [4.69, 9.17) is 15.9 Å². The molecule has 0 aromatic rings. The molecule has 0 bridgehead atoms. The minimum atomic E-state index is -1.40. The average molecular weight is 261 g/mol. The number of nitrogens with one attached hydrogen (secondary N) is 2. The second kappa shape index (κ2) is 7.49. The third-order valence-corrected chi connectivity index (χ3v) is 2.14. The van der Waals surface area contributed by atoms with Gasteiger partial charge in [0.1, 0.15) is 12.1 Å². The molecule has 8 nitrogen and oxygen atoms in total. The van der Waals surface area contributed by atoms with E-state index in [1.807, 2.05) is 13.8 Å². The van der Waals surface area contributed by atoms with Gasteiger partial charge in [-0.25, -0.2) is 9.59 Å². The van der Waals surface area contributed by atoms with Crippen LogP contribution in [0.1, 0.15) is 20.3 Å². The summed E-state index contributed by atoms with van der Waals surface area (Å²) >= 11 is 0. The average Bonchev–Trinajstić information content (AvgIpc) is 2.22. The van der Waals surface area contributed by atoms with Crippen LogP contribution in [0.15, 0.2) is 0 Å². The van der Waals surface area contributed by atoms with Crippen LogP contribution in [-0.4, -0.2) is 46.8 Å². The van der Waals surface area contributed by atoms with Gasteiger partial charge in [-0.1, -0.05) is 13.8 Å². The van der Waals surface area contributed by atoms with Crippen molar-refractivity contribution in [2.24, 2.45) is 11.7 Å². The maximum atomic E-state index is 11.7. The molecule has 6 N–H and O–H groups in total. The Morgan fingerprint density at radius 3 is 2.06 bits per heavy atom. The molecule has 0 radical (unpaired) electrons. The molecule has 2 atom stereocenters. The molecule has 0 aliphatic rings. The van der Waals surface area contributed by atoms with Gasteiger partial charge >= 0.3 is 12.0 Å². The molecular weight excluding hydrogens is 242 g/mol. The van der Waals surface area contributed by atoms with Gasteiger partial charge in [-0.3, -0.25) is 4.79 Å². The third-order valence-electron chi connectivity index (χ3n) is 2.14. The summed E-state index contributed by atoms with van der Waals surface area (Å²) in [5.74, 6) is -1.94. The summed E-state index contributed by atoms with van der Waals surface area (Å²) in [6.07, 6.45) is 0.312. The van der Waals surface area contributed by atoms with Gasteiger partial charge in [0.2, 0.25) is 5.91 Å². The standard InChI is InChI=1S/C10H19N3O5/c1-5(2)3-6(13-10(11)18)8(15)12-7(4-14)9(16)17/h5-7,14H,3-4H2,1-2H3,(H,12,15)(H,16,17)(H3,11,13,18). The molecule has 0 aromatic heterocycles. The zero-order valence-corrected chi connectivity index (χ0v) is 10.3. The summed E-state index contributed by atoms with van der Waals surface area (Å²) in [6.45, 7) is 2.94. The van der Waals surface area contributed by atoms with Crippen LogP contribution in [0.5, 0.6) is 0 Å². The van der Waals surface area contributed by atoms with Crippen LogP contribution in [0.3, 0.4) is 0 Å². The van der Waals surface area contributed by atoms with Crippen molar-refractivity contribution < 1.29 is 24.6 Å². The molecule has 0 saturated heterocycles.